The first-order chi connectivity index (χ1) is 9.99. The van der Waals surface area contributed by atoms with Crippen molar-refractivity contribution in [2.75, 3.05) is 5.32 Å². The number of carbonyl (C=O) groups is 3. The smallest absolute Gasteiger partial charge is 0.307 e. The predicted octanol–water partition coefficient (Wildman–Crippen LogP) is 1.53. The van der Waals surface area contributed by atoms with Gasteiger partial charge in [-0.3, -0.25) is 14.4 Å². The number of thiophene rings is 1. The van der Waals surface area contributed by atoms with Gasteiger partial charge in [0.05, 0.1) is 17.4 Å². The quantitative estimate of drug-likeness (QED) is 0.783. The van der Waals surface area contributed by atoms with E-state index < -0.39 is 23.7 Å². The van der Waals surface area contributed by atoms with Gasteiger partial charge >= 0.3 is 5.97 Å². The Hall–Kier alpha value is -1.89. The van der Waals surface area contributed by atoms with Gasteiger partial charge in [0, 0.05) is 0 Å². The van der Waals surface area contributed by atoms with Crippen molar-refractivity contribution < 1.29 is 19.5 Å². The molecule has 2 saturated carbocycles. The third kappa shape index (κ3) is 2.31. The Morgan fingerprint density at radius 3 is 2.52 bits per heavy atom. The van der Waals surface area contributed by atoms with E-state index in [0.29, 0.717) is 5.00 Å². The van der Waals surface area contributed by atoms with Crippen LogP contribution in [0, 0.1) is 23.7 Å². The van der Waals surface area contributed by atoms with Crippen LogP contribution in [0.3, 0.4) is 0 Å². The lowest BCUT2D eigenvalue weighted by Crippen LogP contribution is -2.38. The summed E-state index contributed by atoms with van der Waals surface area (Å²) in [4.78, 5) is 35.2. The van der Waals surface area contributed by atoms with Crippen molar-refractivity contribution in [3.05, 3.63) is 17.0 Å². The van der Waals surface area contributed by atoms with Crippen molar-refractivity contribution in [3.8, 4) is 0 Å². The minimum Gasteiger partial charge on any atom is -0.481 e. The van der Waals surface area contributed by atoms with Crippen LogP contribution < -0.4 is 11.1 Å². The molecule has 0 aliphatic heterocycles. The van der Waals surface area contributed by atoms with Gasteiger partial charge in [0.1, 0.15) is 5.00 Å². The highest BCUT2D eigenvalue weighted by atomic mass is 32.1. The lowest BCUT2D eigenvalue weighted by molar-refractivity contribution is -0.148. The molecular formula is C14H16N2O4S. The normalized spacial score (nSPS) is 30.3. The highest BCUT2D eigenvalue weighted by molar-refractivity contribution is 7.14. The van der Waals surface area contributed by atoms with Crippen LogP contribution in [0.25, 0.3) is 0 Å². The number of rotatable bonds is 4. The van der Waals surface area contributed by atoms with E-state index in [-0.39, 0.29) is 23.3 Å². The number of carboxylic acid groups (broad SMARTS) is 1. The second kappa shape index (κ2) is 5.14. The molecule has 2 aliphatic carbocycles. The fourth-order valence-corrected chi connectivity index (χ4v) is 4.61. The summed E-state index contributed by atoms with van der Waals surface area (Å²) in [5.74, 6) is -2.70. The first-order valence-electron chi connectivity index (χ1n) is 6.90. The molecule has 112 valence electrons. The molecule has 0 unspecified atom stereocenters. The molecule has 1 aromatic rings. The lowest BCUT2D eigenvalue weighted by atomic mass is 9.79. The maximum atomic E-state index is 12.5. The molecule has 1 aromatic heterocycles. The van der Waals surface area contributed by atoms with Crippen molar-refractivity contribution in [1.29, 1.82) is 0 Å². The van der Waals surface area contributed by atoms with Gasteiger partial charge in [0.25, 0.3) is 5.91 Å². The summed E-state index contributed by atoms with van der Waals surface area (Å²) >= 11 is 1.21. The summed E-state index contributed by atoms with van der Waals surface area (Å²) in [6.45, 7) is 0. The number of hydrogen-bond acceptors (Lipinski definition) is 4. The summed E-state index contributed by atoms with van der Waals surface area (Å²) in [6, 6.07) is 1.55. The molecule has 1 heterocycles. The molecule has 21 heavy (non-hydrogen) atoms. The summed E-state index contributed by atoms with van der Waals surface area (Å²) in [6.07, 6.45) is 2.60. The molecule has 3 rings (SSSR count). The topological polar surface area (TPSA) is 109 Å². The van der Waals surface area contributed by atoms with E-state index in [1.54, 1.807) is 11.4 Å². The number of amides is 2. The summed E-state index contributed by atoms with van der Waals surface area (Å²) in [5, 5.41) is 14.1. The van der Waals surface area contributed by atoms with Gasteiger partial charge in [0.2, 0.25) is 5.91 Å². The van der Waals surface area contributed by atoms with Crippen LogP contribution in [-0.2, 0) is 9.59 Å². The Balaban J connectivity index is 1.80. The molecular weight excluding hydrogens is 292 g/mol. The number of nitrogens with two attached hydrogens (primary N) is 1. The van der Waals surface area contributed by atoms with Crippen LogP contribution in [0.1, 0.15) is 29.6 Å². The third-order valence-electron chi connectivity index (χ3n) is 4.67. The van der Waals surface area contributed by atoms with Crippen molar-refractivity contribution >= 4 is 34.1 Å². The lowest BCUT2D eigenvalue weighted by Gasteiger charge is -2.26. The highest BCUT2D eigenvalue weighted by Gasteiger charge is 2.54. The second-order valence-corrected chi connectivity index (χ2v) is 6.66. The van der Waals surface area contributed by atoms with Gasteiger partial charge in [-0.25, -0.2) is 0 Å². The van der Waals surface area contributed by atoms with Gasteiger partial charge in [-0.15, -0.1) is 11.3 Å². The number of aliphatic carboxylic acids is 1. The zero-order valence-corrected chi connectivity index (χ0v) is 12.1. The van der Waals surface area contributed by atoms with Gasteiger partial charge in [0.15, 0.2) is 0 Å². The van der Waals surface area contributed by atoms with Crippen LogP contribution in [0.2, 0.25) is 0 Å². The van der Waals surface area contributed by atoms with Crippen LogP contribution in [0.5, 0.6) is 0 Å². The maximum Gasteiger partial charge on any atom is 0.307 e. The van der Waals surface area contributed by atoms with Crippen LogP contribution >= 0.6 is 11.3 Å². The SMILES string of the molecule is NC(=O)c1ccsc1NC(=O)[C@@H]1[C@@H]2CC[C@@H](C2)[C@@H]1C(=O)O. The molecule has 0 aromatic carbocycles. The molecule has 2 amide bonds. The Morgan fingerprint density at radius 1 is 1.24 bits per heavy atom. The van der Waals surface area contributed by atoms with E-state index in [0.717, 1.165) is 19.3 Å². The largest absolute Gasteiger partial charge is 0.481 e. The Labute approximate surface area is 125 Å². The van der Waals surface area contributed by atoms with Crippen LogP contribution in [0.4, 0.5) is 5.00 Å². The minimum atomic E-state index is -0.899. The molecule has 2 aliphatic rings. The van der Waals surface area contributed by atoms with E-state index in [4.69, 9.17) is 5.73 Å². The second-order valence-electron chi connectivity index (χ2n) is 5.74. The number of hydrogen-bond donors (Lipinski definition) is 3. The number of carbonyl (C=O) groups excluding carboxylic acids is 2. The van der Waals surface area contributed by atoms with Crippen LogP contribution in [0.15, 0.2) is 11.4 Å². The Kier molecular flexibility index (Phi) is 3.44. The number of carboxylic acids is 1. The van der Waals surface area contributed by atoms with Crippen molar-refractivity contribution in [3.63, 3.8) is 0 Å². The van der Waals surface area contributed by atoms with Crippen LogP contribution in [-0.4, -0.2) is 22.9 Å². The zero-order valence-electron chi connectivity index (χ0n) is 11.2. The highest BCUT2D eigenvalue weighted by Crippen LogP contribution is 2.52. The van der Waals surface area contributed by atoms with E-state index in [9.17, 15) is 19.5 Å². The van der Waals surface area contributed by atoms with Crippen molar-refractivity contribution in [1.82, 2.24) is 0 Å². The van der Waals surface area contributed by atoms with E-state index in [1.807, 2.05) is 0 Å². The average Bonchev–Trinajstić information content (AvgIpc) is 3.11. The predicted molar refractivity (Wildman–Crippen MR) is 76.9 cm³/mol. The van der Waals surface area contributed by atoms with E-state index >= 15 is 0 Å². The van der Waals surface area contributed by atoms with E-state index in [1.165, 1.54) is 11.3 Å². The Bertz CT molecular complexity index is 612. The first-order valence-corrected chi connectivity index (χ1v) is 7.78. The van der Waals surface area contributed by atoms with Gasteiger partial charge < -0.3 is 16.2 Å². The molecule has 0 spiro atoms. The molecule has 4 N–H and O–H groups in total. The Morgan fingerprint density at radius 2 is 1.90 bits per heavy atom. The molecule has 2 fully saturated rings. The minimum absolute atomic E-state index is 0.0993. The zero-order chi connectivity index (χ0) is 15.1. The van der Waals surface area contributed by atoms with E-state index in [2.05, 4.69) is 5.32 Å². The van der Waals surface area contributed by atoms with Gasteiger partial charge in [-0.1, -0.05) is 0 Å². The van der Waals surface area contributed by atoms with Crippen molar-refractivity contribution in [2.24, 2.45) is 29.4 Å². The summed E-state index contributed by atoms with van der Waals surface area (Å²) < 4.78 is 0. The molecule has 0 saturated heterocycles. The third-order valence-corrected chi connectivity index (χ3v) is 5.50. The standard InChI is InChI=1S/C14H16N2O4S/c15-11(17)8-3-4-21-13(8)16-12(18)9-6-1-2-7(5-6)10(9)14(19)20/h3-4,6-7,9-10H,1-2,5H2,(H2,15,17)(H,16,18)(H,19,20)/t6-,7+,9-,10+/m1/s1. The molecule has 2 bridgehead atoms. The molecule has 6 nitrogen and oxygen atoms in total. The van der Waals surface area contributed by atoms with Gasteiger partial charge in [-0.2, -0.15) is 0 Å². The first kappa shape index (κ1) is 14.1. The molecule has 4 atom stereocenters. The molecule has 7 heteroatoms. The molecule has 0 radical (unpaired) electrons. The summed E-state index contributed by atoms with van der Waals surface area (Å²) in [5.41, 5.74) is 5.51. The van der Waals surface area contributed by atoms with Gasteiger partial charge in [-0.05, 0) is 42.5 Å². The number of nitrogens with one attached hydrogen (secondary N) is 1. The number of fused-ring (bicyclic) bond motifs is 2. The average molecular weight is 308 g/mol. The number of primary amides is 1. The monoisotopic (exact) mass is 308 g/mol. The van der Waals surface area contributed by atoms with Crippen molar-refractivity contribution in [2.45, 2.75) is 19.3 Å². The maximum absolute atomic E-state index is 12.5. The fraction of sp³-hybridized carbons (Fsp3) is 0.500. The fourth-order valence-electron chi connectivity index (χ4n) is 3.82. The summed E-state index contributed by atoms with van der Waals surface area (Å²) in [7, 11) is 0. The number of anilines is 1.